The van der Waals surface area contributed by atoms with Crippen molar-refractivity contribution in [2.75, 3.05) is 20.1 Å². The Balaban J connectivity index is 2.37. The molecule has 1 aliphatic rings. The third-order valence-corrected chi connectivity index (χ3v) is 9.43. The van der Waals surface area contributed by atoms with E-state index < -0.39 is 26.2 Å². The van der Waals surface area contributed by atoms with Crippen molar-refractivity contribution in [2.24, 2.45) is 0 Å². The molecule has 0 heterocycles. The molecular formula is C18H29NO7P2. The van der Waals surface area contributed by atoms with Crippen LogP contribution >= 0.6 is 15.2 Å². The lowest BCUT2D eigenvalue weighted by atomic mass is 10.0. The maximum Gasteiger partial charge on any atom is 0.352 e. The molecule has 1 unspecified atom stereocenters. The van der Waals surface area contributed by atoms with Gasteiger partial charge in [-0.25, -0.2) is 0 Å². The quantitative estimate of drug-likeness (QED) is 0.280. The normalized spacial score (nSPS) is 17.5. The molecule has 1 aromatic carbocycles. The molecule has 1 aromatic rings. The smallest absolute Gasteiger partial charge is 0.352 e. The van der Waals surface area contributed by atoms with Gasteiger partial charge >= 0.3 is 15.2 Å². The monoisotopic (exact) mass is 433 g/mol. The molecule has 0 aliphatic heterocycles. The van der Waals surface area contributed by atoms with Crippen molar-refractivity contribution in [3.05, 3.63) is 41.0 Å². The van der Waals surface area contributed by atoms with E-state index in [1.807, 2.05) is 11.9 Å². The van der Waals surface area contributed by atoms with E-state index in [9.17, 15) is 33.8 Å². The van der Waals surface area contributed by atoms with Gasteiger partial charge in [-0.1, -0.05) is 50.1 Å². The first-order valence-electron chi connectivity index (χ1n) is 9.26. The minimum absolute atomic E-state index is 0.101. The predicted octanol–water partition coefficient (Wildman–Crippen LogP) is 2.46. The van der Waals surface area contributed by atoms with Gasteiger partial charge in [-0.15, -0.1) is 0 Å². The fourth-order valence-electron chi connectivity index (χ4n) is 3.75. The first-order valence-corrected chi connectivity index (χ1v) is 12.5. The SMILES string of the molecule is CCCCCN(C)CCC(O)C1=Cc2ccccc2C1(P(=O)(O)O)P(=O)(O)O. The standard InChI is InChI=1S/C18H29NO7P2/c1-3-4-7-11-19(2)12-10-17(20)16-13-14-8-5-6-9-15(14)18(16,27(21,22)23)28(24,25)26/h5-6,8-9,13,17,20H,3-4,7,10-12H2,1-2H3,(H2,21,22,23)(H2,24,25,26). The zero-order chi connectivity index (χ0) is 21.2. The van der Waals surface area contributed by atoms with Crippen molar-refractivity contribution in [1.82, 2.24) is 4.90 Å². The maximum atomic E-state index is 12.4. The van der Waals surface area contributed by atoms with Crippen molar-refractivity contribution in [2.45, 2.75) is 43.6 Å². The lowest BCUT2D eigenvalue weighted by molar-refractivity contribution is 0.169. The molecule has 158 valence electrons. The molecular weight excluding hydrogens is 404 g/mol. The highest BCUT2D eigenvalue weighted by molar-refractivity contribution is 7.72. The molecule has 0 radical (unpaired) electrons. The summed E-state index contributed by atoms with van der Waals surface area (Å²) in [6.07, 6.45) is 3.15. The second-order valence-corrected chi connectivity index (χ2v) is 11.1. The summed E-state index contributed by atoms with van der Waals surface area (Å²) >= 11 is 0. The number of nitrogens with zero attached hydrogens (tertiary/aromatic N) is 1. The molecule has 2 rings (SSSR count). The fourth-order valence-corrected chi connectivity index (χ4v) is 7.25. The van der Waals surface area contributed by atoms with Crippen LogP contribution in [0.3, 0.4) is 0 Å². The van der Waals surface area contributed by atoms with Crippen molar-refractivity contribution < 1.29 is 33.8 Å². The van der Waals surface area contributed by atoms with Crippen LogP contribution in [-0.2, 0) is 14.0 Å². The zero-order valence-corrected chi connectivity index (χ0v) is 17.9. The Morgan fingerprint density at radius 2 is 1.64 bits per heavy atom. The lowest BCUT2D eigenvalue weighted by Crippen LogP contribution is -2.34. The third kappa shape index (κ3) is 4.35. The summed E-state index contributed by atoms with van der Waals surface area (Å²) < 4.78 is 24.9. The van der Waals surface area contributed by atoms with Gasteiger partial charge in [0.05, 0.1) is 6.10 Å². The lowest BCUT2D eigenvalue weighted by Gasteiger charge is -2.36. The average molecular weight is 433 g/mol. The highest BCUT2D eigenvalue weighted by Crippen LogP contribution is 2.80. The maximum absolute atomic E-state index is 12.4. The molecule has 0 saturated heterocycles. The first-order chi connectivity index (χ1) is 13.0. The van der Waals surface area contributed by atoms with E-state index in [0.717, 1.165) is 25.8 Å². The number of unbranched alkanes of at least 4 members (excludes halogenated alkanes) is 2. The van der Waals surface area contributed by atoms with E-state index in [2.05, 4.69) is 6.92 Å². The average Bonchev–Trinajstić information content (AvgIpc) is 2.96. The van der Waals surface area contributed by atoms with Gasteiger partial charge in [0, 0.05) is 6.54 Å². The van der Waals surface area contributed by atoms with Crippen LogP contribution in [0, 0.1) is 0 Å². The van der Waals surface area contributed by atoms with Crippen LogP contribution in [-0.4, -0.2) is 55.8 Å². The molecule has 0 bridgehead atoms. The van der Waals surface area contributed by atoms with E-state index in [1.165, 1.54) is 24.3 Å². The van der Waals surface area contributed by atoms with Gasteiger partial charge in [0.25, 0.3) is 0 Å². The molecule has 28 heavy (non-hydrogen) atoms. The summed E-state index contributed by atoms with van der Waals surface area (Å²) in [6.45, 7) is 3.33. The Bertz CT molecular complexity index is 792. The molecule has 0 saturated carbocycles. The zero-order valence-electron chi connectivity index (χ0n) is 16.1. The number of rotatable bonds is 10. The van der Waals surface area contributed by atoms with Gasteiger partial charge < -0.3 is 29.6 Å². The van der Waals surface area contributed by atoms with Gasteiger partial charge in [0.15, 0.2) is 0 Å². The highest BCUT2D eigenvalue weighted by atomic mass is 31.2. The molecule has 10 heteroatoms. The Morgan fingerprint density at radius 1 is 1.04 bits per heavy atom. The topological polar surface area (TPSA) is 139 Å². The summed E-state index contributed by atoms with van der Waals surface area (Å²) in [4.78, 5) is 39.3. The molecule has 0 aromatic heterocycles. The molecule has 5 N–H and O–H groups in total. The molecule has 8 nitrogen and oxygen atoms in total. The number of fused-ring (bicyclic) bond motifs is 1. The summed E-state index contributed by atoms with van der Waals surface area (Å²) in [7, 11) is -8.89. The summed E-state index contributed by atoms with van der Waals surface area (Å²) in [6, 6.07) is 5.88. The van der Waals surface area contributed by atoms with Crippen LogP contribution in [0.25, 0.3) is 6.08 Å². The van der Waals surface area contributed by atoms with Crippen LogP contribution in [0.5, 0.6) is 0 Å². The second-order valence-electron chi connectivity index (χ2n) is 7.26. The van der Waals surface area contributed by atoms with Crippen LogP contribution in [0.2, 0.25) is 0 Å². The van der Waals surface area contributed by atoms with Crippen molar-refractivity contribution >= 4 is 21.3 Å². The third-order valence-electron chi connectivity index (χ3n) is 5.18. The molecule has 1 atom stereocenters. The Morgan fingerprint density at radius 3 is 2.21 bits per heavy atom. The van der Waals surface area contributed by atoms with E-state index in [4.69, 9.17) is 0 Å². The van der Waals surface area contributed by atoms with Crippen LogP contribution in [0.4, 0.5) is 0 Å². The van der Waals surface area contributed by atoms with E-state index >= 15 is 0 Å². The molecule has 0 spiro atoms. The number of hydrogen-bond donors (Lipinski definition) is 5. The Hall–Kier alpha value is -0.820. The summed E-state index contributed by atoms with van der Waals surface area (Å²) in [5, 5.41) is 10.7. The molecule has 0 amide bonds. The van der Waals surface area contributed by atoms with E-state index in [0.29, 0.717) is 12.1 Å². The van der Waals surface area contributed by atoms with Gasteiger partial charge in [0.2, 0.25) is 4.90 Å². The largest absolute Gasteiger partial charge is 0.389 e. The van der Waals surface area contributed by atoms with Gasteiger partial charge in [-0.05, 0) is 43.1 Å². The van der Waals surface area contributed by atoms with Crippen molar-refractivity contribution in [3.63, 3.8) is 0 Å². The van der Waals surface area contributed by atoms with Crippen LogP contribution < -0.4 is 0 Å². The Labute approximate surface area is 165 Å². The first kappa shape index (κ1) is 23.5. The summed E-state index contributed by atoms with van der Waals surface area (Å²) in [5.74, 6) is 0. The Kier molecular flexibility index (Phi) is 7.46. The van der Waals surface area contributed by atoms with E-state index in [1.54, 1.807) is 6.07 Å². The molecule has 0 fully saturated rings. The van der Waals surface area contributed by atoms with Crippen LogP contribution in [0.15, 0.2) is 29.8 Å². The molecule has 1 aliphatic carbocycles. The minimum atomic E-state index is -5.38. The van der Waals surface area contributed by atoms with Crippen molar-refractivity contribution in [3.8, 4) is 0 Å². The number of hydrogen-bond acceptors (Lipinski definition) is 4. The predicted molar refractivity (Wildman–Crippen MR) is 108 cm³/mol. The highest BCUT2D eigenvalue weighted by Gasteiger charge is 2.67. The van der Waals surface area contributed by atoms with Crippen molar-refractivity contribution in [1.29, 1.82) is 0 Å². The van der Waals surface area contributed by atoms with E-state index in [-0.39, 0.29) is 17.6 Å². The number of aliphatic hydroxyl groups excluding tert-OH is 1. The van der Waals surface area contributed by atoms with Gasteiger partial charge in [-0.2, -0.15) is 0 Å². The summed E-state index contributed by atoms with van der Waals surface area (Å²) in [5.41, 5.74) is -0.182. The number of aliphatic hydroxyl groups is 1. The van der Waals surface area contributed by atoms with Gasteiger partial charge in [-0.3, -0.25) is 9.13 Å². The fraction of sp³-hybridized carbons (Fsp3) is 0.556. The minimum Gasteiger partial charge on any atom is -0.389 e. The van der Waals surface area contributed by atoms with Gasteiger partial charge in [0.1, 0.15) is 0 Å². The van der Waals surface area contributed by atoms with Crippen LogP contribution in [0.1, 0.15) is 43.7 Å². The number of benzene rings is 1. The second kappa shape index (κ2) is 8.90.